The van der Waals surface area contributed by atoms with Gasteiger partial charge in [-0.1, -0.05) is 45.7 Å². The van der Waals surface area contributed by atoms with Crippen LogP contribution in [0.1, 0.15) is 63.1 Å². The van der Waals surface area contributed by atoms with Crippen LogP contribution in [-0.4, -0.2) is 21.3 Å². The third-order valence-corrected chi connectivity index (χ3v) is 2.56. The largest absolute Gasteiger partial charge is 0.296 e. The first-order valence-corrected chi connectivity index (χ1v) is 5.89. The average Bonchev–Trinajstić information content (AvgIpc) is 2.61. The van der Waals surface area contributed by atoms with Crippen molar-refractivity contribution in [3.63, 3.8) is 0 Å². The third kappa shape index (κ3) is 2.90. The number of hydrogen-bond donors (Lipinski definition) is 0. The van der Waals surface area contributed by atoms with E-state index in [0.717, 1.165) is 24.9 Å². The fraction of sp³-hybridized carbons (Fsp3) is 0.750. The smallest absolute Gasteiger partial charge is 0.172 e. The Labute approximate surface area is 97.0 Å². The van der Waals surface area contributed by atoms with Gasteiger partial charge in [0, 0.05) is 12.0 Å². The van der Waals surface area contributed by atoms with E-state index < -0.39 is 0 Å². The molecule has 1 rings (SSSR count). The van der Waals surface area contributed by atoms with Crippen molar-refractivity contribution in [3.05, 3.63) is 11.4 Å². The van der Waals surface area contributed by atoms with Crippen molar-refractivity contribution < 1.29 is 4.79 Å². The Bertz CT molecular complexity index is 350. The Morgan fingerprint density at radius 2 is 2.00 bits per heavy atom. The van der Waals surface area contributed by atoms with Gasteiger partial charge in [-0.2, -0.15) is 0 Å². The lowest BCUT2D eigenvalue weighted by Crippen LogP contribution is -2.20. The van der Waals surface area contributed by atoms with Gasteiger partial charge in [0.25, 0.3) is 0 Å². The first kappa shape index (κ1) is 12.9. The molecule has 0 aliphatic heterocycles. The SMILES string of the molecule is CCCCCn1nnc(C=O)c1C(C)(C)C. The van der Waals surface area contributed by atoms with Crippen molar-refractivity contribution in [1.29, 1.82) is 0 Å². The number of carbonyl (C=O) groups is 1. The van der Waals surface area contributed by atoms with Crippen molar-refractivity contribution in [1.82, 2.24) is 15.0 Å². The average molecular weight is 223 g/mol. The molecule has 1 aromatic heterocycles. The number of carbonyl (C=O) groups excluding carboxylic acids is 1. The number of hydrogen-bond acceptors (Lipinski definition) is 3. The Morgan fingerprint density at radius 1 is 1.31 bits per heavy atom. The molecule has 90 valence electrons. The summed E-state index contributed by atoms with van der Waals surface area (Å²) in [5.41, 5.74) is 1.33. The van der Waals surface area contributed by atoms with Gasteiger partial charge in [-0.25, -0.2) is 4.68 Å². The Morgan fingerprint density at radius 3 is 2.50 bits per heavy atom. The highest BCUT2D eigenvalue weighted by molar-refractivity contribution is 5.73. The highest BCUT2D eigenvalue weighted by atomic mass is 16.1. The van der Waals surface area contributed by atoms with Crippen molar-refractivity contribution >= 4 is 6.29 Å². The van der Waals surface area contributed by atoms with E-state index in [4.69, 9.17) is 0 Å². The maximum Gasteiger partial charge on any atom is 0.172 e. The van der Waals surface area contributed by atoms with Crippen molar-refractivity contribution in [3.8, 4) is 0 Å². The summed E-state index contributed by atoms with van der Waals surface area (Å²) in [4.78, 5) is 10.9. The Balaban J connectivity index is 2.92. The van der Waals surface area contributed by atoms with E-state index >= 15 is 0 Å². The molecular formula is C12H21N3O. The molecule has 16 heavy (non-hydrogen) atoms. The highest BCUT2D eigenvalue weighted by Crippen LogP contribution is 2.24. The molecular weight excluding hydrogens is 202 g/mol. The summed E-state index contributed by atoms with van der Waals surface area (Å²) in [6.45, 7) is 9.25. The van der Waals surface area contributed by atoms with Crippen LogP contribution in [0.3, 0.4) is 0 Å². The zero-order valence-corrected chi connectivity index (χ0v) is 10.7. The van der Waals surface area contributed by atoms with E-state index in [-0.39, 0.29) is 5.41 Å². The number of aldehydes is 1. The summed E-state index contributed by atoms with van der Waals surface area (Å²) in [7, 11) is 0. The number of aromatic nitrogens is 3. The molecule has 0 aliphatic carbocycles. The minimum atomic E-state index is -0.0913. The lowest BCUT2D eigenvalue weighted by molar-refractivity contribution is 0.111. The van der Waals surface area contributed by atoms with Gasteiger partial charge in [0.1, 0.15) is 5.69 Å². The topological polar surface area (TPSA) is 47.8 Å². The standard InChI is InChI=1S/C12H21N3O/c1-5-6-7-8-15-11(12(2,3)4)10(9-16)13-14-15/h9H,5-8H2,1-4H3. The molecule has 0 amide bonds. The number of rotatable bonds is 5. The highest BCUT2D eigenvalue weighted by Gasteiger charge is 2.24. The second-order valence-corrected chi connectivity index (χ2v) is 5.12. The van der Waals surface area contributed by atoms with Gasteiger partial charge in [-0.3, -0.25) is 4.79 Å². The Hall–Kier alpha value is -1.19. The normalized spacial score (nSPS) is 11.8. The van der Waals surface area contributed by atoms with Gasteiger partial charge in [0.05, 0.1) is 5.69 Å². The molecule has 0 aliphatic rings. The van der Waals surface area contributed by atoms with E-state index in [2.05, 4.69) is 38.0 Å². The summed E-state index contributed by atoms with van der Waals surface area (Å²) in [6, 6.07) is 0. The molecule has 0 fully saturated rings. The minimum Gasteiger partial charge on any atom is -0.296 e. The molecule has 1 aromatic rings. The lowest BCUT2D eigenvalue weighted by Gasteiger charge is -2.20. The summed E-state index contributed by atoms with van der Waals surface area (Å²) in [5.74, 6) is 0. The number of nitrogens with zero attached hydrogens (tertiary/aromatic N) is 3. The molecule has 0 bridgehead atoms. The summed E-state index contributed by atoms with van der Waals surface area (Å²) in [5, 5.41) is 7.99. The van der Waals surface area contributed by atoms with Gasteiger partial charge >= 0.3 is 0 Å². The molecule has 0 saturated carbocycles. The molecule has 0 aromatic carbocycles. The van der Waals surface area contributed by atoms with Crippen molar-refractivity contribution in [2.75, 3.05) is 0 Å². The molecule has 0 N–H and O–H groups in total. The molecule has 0 spiro atoms. The zero-order chi connectivity index (χ0) is 12.2. The molecule has 4 nitrogen and oxygen atoms in total. The summed E-state index contributed by atoms with van der Waals surface area (Å²) < 4.78 is 1.87. The van der Waals surface area contributed by atoms with Crippen LogP contribution >= 0.6 is 0 Å². The van der Waals surface area contributed by atoms with Crippen molar-refractivity contribution in [2.45, 2.75) is 58.9 Å². The predicted molar refractivity (Wildman–Crippen MR) is 63.6 cm³/mol. The zero-order valence-electron chi connectivity index (χ0n) is 10.7. The van der Waals surface area contributed by atoms with E-state index in [0.29, 0.717) is 5.69 Å². The number of aryl methyl sites for hydroxylation is 1. The summed E-state index contributed by atoms with van der Waals surface area (Å²) in [6.07, 6.45) is 4.24. The first-order valence-electron chi connectivity index (χ1n) is 5.89. The first-order chi connectivity index (χ1) is 7.50. The van der Waals surface area contributed by atoms with E-state index in [1.54, 1.807) is 0 Å². The molecule has 0 atom stereocenters. The maximum absolute atomic E-state index is 10.9. The number of unbranched alkanes of at least 4 members (excludes halogenated alkanes) is 2. The van der Waals surface area contributed by atoms with Gasteiger partial charge in [0.15, 0.2) is 6.29 Å². The van der Waals surface area contributed by atoms with Gasteiger partial charge < -0.3 is 0 Å². The van der Waals surface area contributed by atoms with E-state index in [1.165, 1.54) is 12.8 Å². The second-order valence-electron chi connectivity index (χ2n) is 5.12. The van der Waals surface area contributed by atoms with Crippen LogP contribution in [-0.2, 0) is 12.0 Å². The lowest BCUT2D eigenvalue weighted by atomic mass is 9.90. The monoisotopic (exact) mass is 223 g/mol. The third-order valence-electron chi connectivity index (χ3n) is 2.56. The maximum atomic E-state index is 10.9. The van der Waals surface area contributed by atoms with Gasteiger partial charge in [-0.05, 0) is 6.42 Å². The van der Waals surface area contributed by atoms with Gasteiger partial charge in [-0.15, -0.1) is 5.10 Å². The fourth-order valence-corrected chi connectivity index (χ4v) is 1.85. The van der Waals surface area contributed by atoms with Crippen molar-refractivity contribution in [2.24, 2.45) is 0 Å². The van der Waals surface area contributed by atoms with Crippen LogP contribution in [0.4, 0.5) is 0 Å². The van der Waals surface area contributed by atoms with E-state index in [1.807, 2.05) is 4.68 Å². The minimum absolute atomic E-state index is 0.0913. The molecule has 0 unspecified atom stereocenters. The van der Waals surface area contributed by atoms with Crippen LogP contribution in [0.5, 0.6) is 0 Å². The fourth-order valence-electron chi connectivity index (χ4n) is 1.85. The second kappa shape index (κ2) is 5.23. The predicted octanol–water partition coefficient (Wildman–Crippen LogP) is 2.58. The molecule has 4 heteroatoms. The van der Waals surface area contributed by atoms with Crippen LogP contribution in [0, 0.1) is 0 Å². The van der Waals surface area contributed by atoms with Crippen LogP contribution < -0.4 is 0 Å². The van der Waals surface area contributed by atoms with E-state index in [9.17, 15) is 4.79 Å². The quantitative estimate of drug-likeness (QED) is 0.569. The van der Waals surface area contributed by atoms with Crippen LogP contribution in [0.15, 0.2) is 0 Å². The van der Waals surface area contributed by atoms with Gasteiger partial charge in [0.2, 0.25) is 0 Å². The molecule has 0 radical (unpaired) electrons. The Kier molecular flexibility index (Phi) is 4.21. The molecule has 1 heterocycles. The summed E-state index contributed by atoms with van der Waals surface area (Å²) >= 11 is 0. The van der Waals surface area contributed by atoms with Crippen LogP contribution in [0.25, 0.3) is 0 Å². The van der Waals surface area contributed by atoms with Crippen LogP contribution in [0.2, 0.25) is 0 Å². The molecule has 0 saturated heterocycles.